The molecule has 0 saturated carbocycles. The standard InChI is InChI=1S/C12H9ClN2S.C2H6/c13-11-3-5-12(6-4-11)16-15-9-10-2-1-7-14-8-10;1-2/h1-9H;1-2H3/b15-9+;. The number of nitrogens with zero attached hydrogens (tertiary/aromatic N) is 2. The maximum Gasteiger partial charge on any atom is 0.0443 e. The van der Waals surface area contributed by atoms with E-state index in [1.165, 1.54) is 11.9 Å². The summed E-state index contributed by atoms with van der Waals surface area (Å²) in [4.78, 5) is 5.06. The Labute approximate surface area is 117 Å². The Morgan fingerprint density at radius 3 is 2.50 bits per heavy atom. The molecule has 0 radical (unpaired) electrons. The second-order valence-electron chi connectivity index (χ2n) is 3.07. The number of pyridine rings is 1. The number of hydrogen-bond acceptors (Lipinski definition) is 3. The van der Waals surface area contributed by atoms with Gasteiger partial charge in [0.15, 0.2) is 0 Å². The van der Waals surface area contributed by atoms with Crippen molar-refractivity contribution in [2.75, 3.05) is 0 Å². The van der Waals surface area contributed by atoms with Crippen LogP contribution in [-0.4, -0.2) is 11.2 Å². The topological polar surface area (TPSA) is 25.2 Å². The summed E-state index contributed by atoms with van der Waals surface area (Å²) in [5.41, 5.74) is 0.990. The van der Waals surface area contributed by atoms with Crippen molar-refractivity contribution in [1.82, 2.24) is 4.98 Å². The zero-order valence-electron chi connectivity index (χ0n) is 10.4. The average Bonchev–Trinajstić information content (AvgIpc) is 2.44. The first-order chi connectivity index (χ1) is 8.84. The van der Waals surface area contributed by atoms with Gasteiger partial charge in [-0.05, 0) is 30.3 Å². The summed E-state index contributed by atoms with van der Waals surface area (Å²) < 4.78 is 4.25. The molecular formula is C14H15ClN2S. The second-order valence-corrected chi connectivity index (χ2v) is 4.37. The van der Waals surface area contributed by atoms with E-state index in [9.17, 15) is 0 Å². The monoisotopic (exact) mass is 278 g/mol. The predicted octanol–water partition coefficient (Wildman–Crippen LogP) is 4.89. The van der Waals surface area contributed by atoms with Gasteiger partial charge in [-0.15, -0.1) is 0 Å². The van der Waals surface area contributed by atoms with Gasteiger partial charge in [0.1, 0.15) is 0 Å². The molecule has 0 bridgehead atoms. The number of rotatable bonds is 3. The van der Waals surface area contributed by atoms with Gasteiger partial charge >= 0.3 is 0 Å². The minimum absolute atomic E-state index is 0.737. The summed E-state index contributed by atoms with van der Waals surface area (Å²) in [6.45, 7) is 4.00. The number of hydrogen-bond donors (Lipinski definition) is 0. The third-order valence-corrected chi connectivity index (χ3v) is 2.80. The Morgan fingerprint density at radius 2 is 1.89 bits per heavy atom. The van der Waals surface area contributed by atoms with E-state index in [0.29, 0.717) is 0 Å². The lowest BCUT2D eigenvalue weighted by Gasteiger charge is -1.95. The molecule has 2 rings (SSSR count). The lowest BCUT2D eigenvalue weighted by molar-refractivity contribution is 1.32. The molecule has 94 valence electrons. The molecule has 0 unspecified atom stereocenters. The molecule has 0 saturated heterocycles. The van der Waals surface area contributed by atoms with E-state index in [1.54, 1.807) is 18.6 Å². The van der Waals surface area contributed by atoms with Crippen LogP contribution in [0.1, 0.15) is 19.4 Å². The van der Waals surface area contributed by atoms with Gasteiger partial charge in [-0.3, -0.25) is 4.98 Å². The van der Waals surface area contributed by atoms with Crippen LogP contribution < -0.4 is 0 Å². The maximum atomic E-state index is 5.79. The van der Waals surface area contributed by atoms with Crippen molar-refractivity contribution >= 4 is 29.8 Å². The van der Waals surface area contributed by atoms with Crippen molar-refractivity contribution in [2.24, 2.45) is 4.40 Å². The van der Waals surface area contributed by atoms with Crippen molar-refractivity contribution < 1.29 is 0 Å². The molecule has 0 spiro atoms. The van der Waals surface area contributed by atoms with Crippen molar-refractivity contribution in [3.8, 4) is 0 Å². The highest BCUT2D eigenvalue weighted by molar-refractivity contribution is 7.98. The van der Waals surface area contributed by atoms with Crippen molar-refractivity contribution in [2.45, 2.75) is 18.7 Å². The van der Waals surface area contributed by atoms with Crippen LogP contribution in [0.5, 0.6) is 0 Å². The first-order valence-corrected chi connectivity index (χ1v) is 6.86. The highest BCUT2D eigenvalue weighted by Gasteiger charge is 1.91. The summed E-state index contributed by atoms with van der Waals surface area (Å²) in [6.07, 6.45) is 5.29. The zero-order valence-corrected chi connectivity index (χ0v) is 11.9. The van der Waals surface area contributed by atoms with Crippen LogP contribution >= 0.6 is 23.5 Å². The van der Waals surface area contributed by atoms with E-state index in [-0.39, 0.29) is 0 Å². The molecule has 0 aliphatic heterocycles. The molecule has 18 heavy (non-hydrogen) atoms. The predicted molar refractivity (Wildman–Crippen MR) is 80.5 cm³/mol. The second kappa shape index (κ2) is 8.72. The minimum atomic E-state index is 0.737. The van der Waals surface area contributed by atoms with Crippen LogP contribution in [0.25, 0.3) is 0 Å². The first kappa shape index (κ1) is 14.7. The summed E-state index contributed by atoms with van der Waals surface area (Å²) in [7, 11) is 0. The third kappa shape index (κ3) is 5.34. The van der Waals surface area contributed by atoms with E-state index in [0.717, 1.165) is 15.5 Å². The highest BCUT2D eigenvalue weighted by Crippen LogP contribution is 2.20. The molecule has 1 heterocycles. The minimum Gasteiger partial charge on any atom is -0.264 e. The highest BCUT2D eigenvalue weighted by atomic mass is 35.5. The normalized spacial score (nSPS) is 9.94. The molecule has 0 atom stereocenters. The fourth-order valence-corrected chi connectivity index (χ4v) is 1.78. The Kier molecular flexibility index (Phi) is 7.14. The Bertz CT molecular complexity index is 469. The van der Waals surface area contributed by atoms with E-state index in [1.807, 2.05) is 50.2 Å². The smallest absolute Gasteiger partial charge is 0.0443 e. The van der Waals surface area contributed by atoms with Crippen LogP contribution in [-0.2, 0) is 0 Å². The third-order valence-electron chi connectivity index (χ3n) is 1.86. The van der Waals surface area contributed by atoms with Crippen LogP contribution in [0.2, 0.25) is 5.02 Å². The molecule has 2 nitrogen and oxygen atoms in total. The van der Waals surface area contributed by atoms with Crippen molar-refractivity contribution in [3.63, 3.8) is 0 Å². The zero-order chi connectivity index (χ0) is 13.2. The van der Waals surface area contributed by atoms with Crippen molar-refractivity contribution in [1.29, 1.82) is 0 Å². The summed E-state index contributed by atoms with van der Waals surface area (Å²) >= 11 is 7.19. The van der Waals surface area contributed by atoms with Crippen LogP contribution in [0.4, 0.5) is 0 Å². The maximum absolute atomic E-state index is 5.79. The molecule has 0 fully saturated rings. The van der Waals surface area contributed by atoms with Gasteiger partial charge in [0.05, 0.1) is 0 Å². The van der Waals surface area contributed by atoms with Crippen LogP contribution in [0.15, 0.2) is 58.1 Å². The molecule has 1 aromatic heterocycles. The molecule has 0 aliphatic rings. The molecule has 1 aromatic carbocycles. The Morgan fingerprint density at radius 1 is 1.17 bits per heavy atom. The average molecular weight is 279 g/mol. The van der Waals surface area contributed by atoms with Gasteiger partial charge < -0.3 is 0 Å². The van der Waals surface area contributed by atoms with E-state index < -0.39 is 0 Å². The SMILES string of the molecule is CC.Clc1ccc(S/N=C/c2cccnc2)cc1. The number of halogens is 1. The molecule has 0 aliphatic carbocycles. The van der Waals surface area contributed by atoms with E-state index in [4.69, 9.17) is 11.6 Å². The van der Waals surface area contributed by atoms with Gasteiger partial charge in [0, 0.05) is 46.0 Å². The first-order valence-electron chi connectivity index (χ1n) is 5.70. The van der Waals surface area contributed by atoms with Crippen LogP contribution in [0.3, 0.4) is 0 Å². The Balaban J connectivity index is 0.000000771. The number of aromatic nitrogens is 1. The lowest BCUT2D eigenvalue weighted by Crippen LogP contribution is -1.79. The van der Waals surface area contributed by atoms with Crippen molar-refractivity contribution in [3.05, 3.63) is 59.4 Å². The van der Waals surface area contributed by atoms with E-state index in [2.05, 4.69) is 9.38 Å². The number of benzene rings is 1. The van der Waals surface area contributed by atoms with Gasteiger partial charge in [-0.25, -0.2) is 4.40 Å². The Hall–Kier alpha value is -1.32. The van der Waals surface area contributed by atoms with Gasteiger partial charge in [-0.2, -0.15) is 0 Å². The van der Waals surface area contributed by atoms with Crippen LogP contribution in [0, 0.1) is 0 Å². The summed E-state index contributed by atoms with van der Waals surface area (Å²) in [5.74, 6) is 0. The fraction of sp³-hybridized carbons (Fsp3) is 0.143. The van der Waals surface area contributed by atoms with Gasteiger partial charge in [0.25, 0.3) is 0 Å². The molecule has 0 amide bonds. The quantitative estimate of drug-likeness (QED) is 0.590. The molecule has 4 heteroatoms. The lowest BCUT2D eigenvalue weighted by atomic mass is 10.3. The fourth-order valence-electron chi connectivity index (χ4n) is 1.10. The largest absolute Gasteiger partial charge is 0.264 e. The summed E-state index contributed by atoms with van der Waals surface area (Å²) in [5, 5.41) is 0.737. The molecule has 2 aromatic rings. The molecular weight excluding hydrogens is 264 g/mol. The van der Waals surface area contributed by atoms with Gasteiger partial charge in [-0.1, -0.05) is 31.5 Å². The van der Waals surface area contributed by atoms with Gasteiger partial charge in [0.2, 0.25) is 0 Å². The molecule has 0 N–H and O–H groups in total. The van der Waals surface area contributed by atoms with E-state index >= 15 is 0 Å². The summed E-state index contributed by atoms with van der Waals surface area (Å²) in [6, 6.07) is 11.4.